The van der Waals surface area contributed by atoms with Crippen molar-refractivity contribution in [2.24, 2.45) is 7.05 Å². The van der Waals surface area contributed by atoms with Crippen LogP contribution < -0.4 is 10.3 Å². The normalized spacial score (nSPS) is 15.8. The summed E-state index contributed by atoms with van der Waals surface area (Å²) in [4.78, 5) is 13.9. The van der Waals surface area contributed by atoms with Crippen LogP contribution in [0.1, 0.15) is 16.8 Å². The summed E-state index contributed by atoms with van der Waals surface area (Å²) >= 11 is 0. The van der Waals surface area contributed by atoms with E-state index in [2.05, 4.69) is 10.00 Å². The van der Waals surface area contributed by atoms with Gasteiger partial charge in [0.25, 0.3) is 5.56 Å². The Hall–Kier alpha value is -2.18. The smallest absolute Gasteiger partial charge is 0.266 e. The molecule has 128 valence electrons. The van der Waals surface area contributed by atoms with Crippen LogP contribution in [0.3, 0.4) is 0 Å². The van der Waals surface area contributed by atoms with E-state index in [1.165, 1.54) is 4.68 Å². The lowest BCUT2D eigenvalue weighted by Crippen LogP contribution is -2.40. The van der Waals surface area contributed by atoms with Crippen LogP contribution in [0.2, 0.25) is 0 Å². The molecule has 24 heavy (non-hydrogen) atoms. The van der Waals surface area contributed by atoms with Crippen molar-refractivity contribution in [3.8, 4) is 5.75 Å². The number of hydrogen-bond donors (Lipinski definition) is 1. The van der Waals surface area contributed by atoms with Crippen molar-refractivity contribution >= 4 is 0 Å². The van der Waals surface area contributed by atoms with Gasteiger partial charge in [-0.15, -0.1) is 0 Å². The van der Waals surface area contributed by atoms with Crippen LogP contribution in [0, 0.1) is 6.92 Å². The highest BCUT2D eigenvalue weighted by Crippen LogP contribution is 2.18. The van der Waals surface area contributed by atoms with Gasteiger partial charge in [-0.1, -0.05) is 18.2 Å². The van der Waals surface area contributed by atoms with Gasteiger partial charge in [-0.05, 0) is 24.1 Å². The van der Waals surface area contributed by atoms with Gasteiger partial charge in [0.1, 0.15) is 18.5 Å². The second-order valence-corrected chi connectivity index (χ2v) is 6.29. The second-order valence-electron chi connectivity index (χ2n) is 6.29. The number of fused-ring (bicyclic) bond motifs is 1. The standard InChI is InChI=1S/C18H23N3O3/c1-13-5-3-4-6-17(13)24-12-15(22)11-21-8-7-16-14(10-21)9-18(23)20(2)19-16/h3-6,9,15,22H,7-8,10-12H2,1-2H3. The first kappa shape index (κ1) is 16.7. The summed E-state index contributed by atoms with van der Waals surface area (Å²) in [6, 6.07) is 9.41. The maximum absolute atomic E-state index is 11.7. The zero-order valence-electron chi connectivity index (χ0n) is 14.1. The molecule has 0 aliphatic carbocycles. The van der Waals surface area contributed by atoms with E-state index in [0.29, 0.717) is 13.1 Å². The zero-order valence-corrected chi connectivity index (χ0v) is 14.1. The molecule has 0 amide bonds. The lowest BCUT2D eigenvalue weighted by atomic mass is 10.1. The van der Waals surface area contributed by atoms with Crippen molar-refractivity contribution in [1.82, 2.24) is 14.7 Å². The van der Waals surface area contributed by atoms with Crippen LogP contribution >= 0.6 is 0 Å². The molecule has 0 saturated carbocycles. The number of hydrogen-bond acceptors (Lipinski definition) is 5. The third-order valence-corrected chi connectivity index (χ3v) is 4.31. The lowest BCUT2D eigenvalue weighted by Gasteiger charge is -2.29. The first-order chi connectivity index (χ1) is 11.5. The predicted molar refractivity (Wildman–Crippen MR) is 91.1 cm³/mol. The third-order valence-electron chi connectivity index (χ3n) is 4.31. The van der Waals surface area contributed by atoms with Gasteiger partial charge in [-0.3, -0.25) is 9.69 Å². The number of para-hydroxylation sites is 1. The fraction of sp³-hybridized carbons (Fsp3) is 0.444. The van der Waals surface area contributed by atoms with Crippen LogP contribution in [-0.2, 0) is 20.0 Å². The summed E-state index contributed by atoms with van der Waals surface area (Å²) in [5.74, 6) is 0.799. The lowest BCUT2D eigenvalue weighted by molar-refractivity contribution is 0.0631. The summed E-state index contributed by atoms with van der Waals surface area (Å²) < 4.78 is 7.08. The summed E-state index contributed by atoms with van der Waals surface area (Å²) in [7, 11) is 1.67. The minimum Gasteiger partial charge on any atom is -0.491 e. The van der Waals surface area contributed by atoms with E-state index in [-0.39, 0.29) is 12.2 Å². The molecule has 3 rings (SSSR count). The maximum atomic E-state index is 11.7. The second kappa shape index (κ2) is 7.15. The van der Waals surface area contributed by atoms with Crippen molar-refractivity contribution in [3.05, 3.63) is 57.5 Å². The Morgan fingerprint density at radius 1 is 1.38 bits per heavy atom. The number of rotatable bonds is 5. The van der Waals surface area contributed by atoms with E-state index in [9.17, 15) is 9.90 Å². The number of β-amino-alcohol motifs (C(OH)–C–C–N with tert-alkyl or cyclic N) is 1. The number of aryl methyl sites for hydroxylation is 2. The molecule has 0 fully saturated rings. The Labute approximate surface area is 141 Å². The molecule has 0 radical (unpaired) electrons. The number of aromatic nitrogens is 2. The molecule has 1 unspecified atom stereocenters. The predicted octanol–water partition coefficient (Wildman–Crippen LogP) is 0.887. The first-order valence-electron chi connectivity index (χ1n) is 8.18. The molecule has 1 aliphatic rings. The minimum absolute atomic E-state index is 0.0981. The molecule has 6 nitrogen and oxygen atoms in total. The summed E-state index contributed by atoms with van der Waals surface area (Å²) in [5, 5.41) is 14.6. The number of nitrogens with zero attached hydrogens (tertiary/aromatic N) is 3. The molecule has 1 aromatic heterocycles. The average Bonchev–Trinajstić information content (AvgIpc) is 2.55. The Morgan fingerprint density at radius 2 is 2.17 bits per heavy atom. The minimum atomic E-state index is -0.578. The largest absolute Gasteiger partial charge is 0.491 e. The molecule has 1 aromatic carbocycles. The Balaban J connectivity index is 1.56. The highest BCUT2D eigenvalue weighted by Gasteiger charge is 2.21. The summed E-state index contributed by atoms with van der Waals surface area (Å²) in [6.45, 7) is 4.21. The molecular weight excluding hydrogens is 306 g/mol. The van der Waals surface area contributed by atoms with Crippen LogP contribution in [-0.4, -0.2) is 45.6 Å². The molecule has 0 bridgehead atoms. The Kier molecular flexibility index (Phi) is 4.97. The van der Waals surface area contributed by atoms with Gasteiger partial charge in [0.2, 0.25) is 0 Å². The highest BCUT2D eigenvalue weighted by atomic mass is 16.5. The molecular formula is C18H23N3O3. The molecule has 1 atom stereocenters. The topological polar surface area (TPSA) is 67.6 Å². The van der Waals surface area contributed by atoms with Crippen LogP contribution in [0.4, 0.5) is 0 Å². The molecule has 6 heteroatoms. The van der Waals surface area contributed by atoms with Gasteiger partial charge in [-0.25, -0.2) is 4.68 Å². The summed E-state index contributed by atoms with van der Waals surface area (Å²) in [6.07, 6.45) is 0.208. The molecule has 0 spiro atoms. The average molecular weight is 329 g/mol. The van der Waals surface area contributed by atoms with Gasteiger partial charge in [0.05, 0.1) is 5.69 Å². The Morgan fingerprint density at radius 3 is 2.96 bits per heavy atom. The van der Waals surface area contributed by atoms with Crippen LogP contribution in [0.15, 0.2) is 35.1 Å². The third kappa shape index (κ3) is 3.83. The quantitative estimate of drug-likeness (QED) is 0.882. The molecule has 1 aliphatic heterocycles. The monoisotopic (exact) mass is 329 g/mol. The maximum Gasteiger partial charge on any atom is 0.266 e. The van der Waals surface area contributed by atoms with E-state index in [1.54, 1.807) is 13.1 Å². The van der Waals surface area contributed by atoms with Crippen LogP contribution in [0.5, 0.6) is 5.75 Å². The highest BCUT2D eigenvalue weighted by molar-refractivity contribution is 5.31. The summed E-state index contributed by atoms with van der Waals surface area (Å²) in [5.41, 5.74) is 2.88. The van der Waals surface area contributed by atoms with Crippen LogP contribution in [0.25, 0.3) is 0 Å². The van der Waals surface area contributed by atoms with Crippen molar-refractivity contribution in [2.75, 3.05) is 19.7 Å². The van der Waals surface area contributed by atoms with Gasteiger partial charge in [-0.2, -0.15) is 5.10 Å². The van der Waals surface area contributed by atoms with Crippen molar-refractivity contribution in [1.29, 1.82) is 0 Å². The Bertz CT molecular complexity index is 772. The van der Waals surface area contributed by atoms with Crippen molar-refractivity contribution < 1.29 is 9.84 Å². The van der Waals surface area contributed by atoms with Gasteiger partial charge < -0.3 is 9.84 Å². The molecule has 2 aromatic rings. The van der Waals surface area contributed by atoms with Gasteiger partial charge >= 0.3 is 0 Å². The SMILES string of the molecule is Cc1ccccc1OCC(O)CN1CCc2nn(C)c(=O)cc2C1. The molecule has 1 N–H and O–H groups in total. The van der Waals surface area contributed by atoms with Crippen molar-refractivity contribution in [2.45, 2.75) is 26.0 Å². The molecule has 0 saturated heterocycles. The number of benzene rings is 1. The van der Waals surface area contributed by atoms with E-state index in [0.717, 1.165) is 35.5 Å². The number of aliphatic hydroxyl groups excluding tert-OH is 1. The fourth-order valence-electron chi connectivity index (χ4n) is 2.96. The van der Waals surface area contributed by atoms with E-state index in [4.69, 9.17) is 4.74 Å². The van der Waals surface area contributed by atoms with Gasteiger partial charge in [0, 0.05) is 39.2 Å². The van der Waals surface area contributed by atoms with E-state index >= 15 is 0 Å². The zero-order chi connectivity index (χ0) is 17.1. The number of ether oxygens (including phenoxy) is 1. The number of aliphatic hydroxyl groups is 1. The van der Waals surface area contributed by atoms with E-state index < -0.39 is 6.10 Å². The first-order valence-corrected chi connectivity index (χ1v) is 8.18. The molecule has 2 heterocycles. The van der Waals surface area contributed by atoms with Gasteiger partial charge in [0.15, 0.2) is 0 Å². The van der Waals surface area contributed by atoms with Crippen molar-refractivity contribution in [3.63, 3.8) is 0 Å². The van der Waals surface area contributed by atoms with E-state index in [1.807, 2.05) is 31.2 Å². The fourth-order valence-corrected chi connectivity index (χ4v) is 2.96.